The van der Waals surface area contributed by atoms with Crippen LogP contribution in [0.3, 0.4) is 0 Å². The number of rotatable bonds is 0. The summed E-state index contributed by atoms with van der Waals surface area (Å²) < 4.78 is 0. The topological polar surface area (TPSA) is 23.8 Å². The second-order valence-corrected chi connectivity index (χ2v) is 20.1. The molecule has 0 aliphatic heterocycles. The van der Waals surface area contributed by atoms with Crippen molar-refractivity contribution in [3.8, 4) is 0 Å². The summed E-state index contributed by atoms with van der Waals surface area (Å²) in [5.74, 6) is 0. The Kier molecular flexibility index (Phi) is 101. The minimum atomic E-state index is -0.543. The standard InChI is InChI=1S/CN.6CH3.Cu.2Li.2Sn/c1-2;;;;;;;;;;;/h;6*1H3;;;;;/q-1;;;;;;;;2*+1;;. The molecule has 0 saturated carbocycles. The van der Waals surface area contributed by atoms with Gasteiger partial charge in [-0.3, -0.25) is 0 Å². The monoisotopic (exact) mass is 433 g/mol. The summed E-state index contributed by atoms with van der Waals surface area (Å²) in [6.07, 6.45) is 0. The summed E-state index contributed by atoms with van der Waals surface area (Å²) in [6.45, 7) is 4.75. The smallest absolute Gasteiger partial charge is 0 e. The van der Waals surface area contributed by atoms with Gasteiger partial charge in [0.15, 0.2) is 0 Å². The molecule has 0 aromatic carbocycles. The van der Waals surface area contributed by atoms with Crippen LogP contribution in [0.4, 0.5) is 0 Å². The first-order valence-electron chi connectivity index (χ1n) is 3.22. The van der Waals surface area contributed by atoms with Crippen LogP contribution in [0.1, 0.15) is 0 Å². The van der Waals surface area contributed by atoms with Gasteiger partial charge in [0.1, 0.15) is 0 Å². The van der Waals surface area contributed by atoms with E-state index in [-0.39, 0.29) is 54.8 Å². The van der Waals surface area contributed by atoms with E-state index in [0.717, 1.165) is 0 Å². The summed E-state index contributed by atoms with van der Waals surface area (Å²) in [5.41, 5.74) is 0. The first kappa shape index (κ1) is 36.0. The molecule has 0 spiro atoms. The van der Waals surface area contributed by atoms with Gasteiger partial charge in [-0.05, 0) is 0 Å². The first-order valence-corrected chi connectivity index (χ1v) is 20.3. The Hall–Kier alpha value is 2.80. The summed E-state index contributed by atoms with van der Waals surface area (Å²) in [7, 11) is 0. The summed E-state index contributed by atoms with van der Waals surface area (Å²) in [4.78, 5) is 14.2. The van der Waals surface area contributed by atoms with E-state index >= 15 is 0 Å². The van der Waals surface area contributed by atoms with Crippen LogP contribution in [-0.2, 0) is 17.1 Å². The molecule has 0 aliphatic rings. The predicted molar refractivity (Wildman–Crippen MR) is 51.7 cm³/mol. The molecule has 0 N–H and O–H groups in total. The molecule has 71 valence electrons. The zero-order valence-corrected chi connectivity index (χ0v) is 16.9. The van der Waals surface area contributed by atoms with Gasteiger partial charge < -0.3 is 11.8 Å². The molecule has 0 amide bonds. The third-order valence-corrected chi connectivity index (χ3v) is 0. The minimum Gasteiger partial charge on any atom is 0 e. The molecule has 0 rings (SSSR count). The molecule has 1 nitrogen and oxygen atoms in total. The van der Waals surface area contributed by atoms with Gasteiger partial charge in [0.2, 0.25) is 0 Å². The van der Waals surface area contributed by atoms with Crippen LogP contribution in [0.5, 0.6) is 0 Å². The fourth-order valence-electron chi connectivity index (χ4n) is 0. The van der Waals surface area contributed by atoms with Crippen molar-refractivity contribution in [2.75, 3.05) is 0 Å². The Morgan fingerprint density at radius 2 is 0.692 bits per heavy atom. The van der Waals surface area contributed by atoms with Crippen LogP contribution < -0.4 is 37.7 Å². The normalized spacial score (nSPS) is 5.69. The van der Waals surface area contributed by atoms with E-state index in [0.29, 0.717) is 0 Å². The predicted octanol–water partition coefficient (Wildman–Crippen LogP) is -3.16. The molecule has 0 aliphatic carbocycles. The Morgan fingerprint density at radius 3 is 0.692 bits per heavy atom. The van der Waals surface area contributed by atoms with Gasteiger partial charge >= 0.3 is 107 Å². The zero-order valence-electron chi connectivity index (χ0n) is 10.2. The van der Waals surface area contributed by atoms with Crippen molar-refractivity contribution in [3.63, 3.8) is 0 Å². The fourth-order valence-corrected chi connectivity index (χ4v) is 0. The van der Waals surface area contributed by atoms with Crippen molar-refractivity contribution in [1.82, 2.24) is 0 Å². The number of hydrogen-bond acceptors (Lipinski definition) is 1. The van der Waals surface area contributed by atoms with Crippen molar-refractivity contribution in [2.45, 2.75) is 29.6 Å². The first-order chi connectivity index (χ1) is 4.46. The quantitative estimate of drug-likeness (QED) is 0.294. The van der Waals surface area contributed by atoms with E-state index in [9.17, 15) is 0 Å². The van der Waals surface area contributed by atoms with E-state index in [1.807, 2.05) is 0 Å². The van der Waals surface area contributed by atoms with Crippen LogP contribution in [0.15, 0.2) is 0 Å². The van der Waals surface area contributed by atoms with Crippen molar-refractivity contribution >= 4 is 39.5 Å². The third kappa shape index (κ3) is 309. The Morgan fingerprint density at radius 1 is 0.692 bits per heavy atom. The van der Waals surface area contributed by atoms with E-state index in [2.05, 4.69) is 29.6 Å². The molecule has 0 atom stereocenters. The molecule has 0 heterocycles. The van der Waals surface area contributed by atoms with Gasteiger partial charge in [0.05, 0.1) is 0 Å². The molecule has 0 aromatic heterocycles. The molecule has 0 unspecified atom stereocenters. The average Bonchev–Trinajstić information content (AvgIpc) is 1.66. The van der Waals surface area contributed by atoms with Crippen LogP contribution in [0.25, 0.3) is 0 Å². The number of nitrogens with zero attached hydrogens (tertiary/aromatic N) is 1. The van der Waals surface area contributed by atoms with Crippen molar-refractivity contribution in [2.24, 2.45) is 0 Å². The molecule has 0 bridgehead atoms. The zero-order chi connectivity index (χ0) is 9.15. The Labute approximate surface area is 133 Å². The van der Waals surface area contributed by atoms with E-state index in [4.69, 9.17) is 11.8 Å². The molecule has 6 heteroatoms. The second kappa shape index (κ2) is 36.4. The fraction of sp³-hybridized carbons (Fsp3) is 0.857. The van der Waals surface area contributed by atoms with E-state index < -0.39 is 39.5 Å². The SMILES string of the molecule is [C-]#N.[CH3][Sn]([CH3])[CH3].[CH3][Sn]([CH3])[CH3].[Cu].[Li+].[Li+]. The molecule has 0 saturated heterocycles. The van der Waals surface area contributed by atoms with E-state index in [1.165, 1.54) is 0 Å². The van der Waals surface area contributed by atoms with Crippen molar-refractivity contribution in [3.05, 3.63) is 6.57 Å². The van der Waals surface area contributed by atoms with E-state index in [1.54, 1.807) is 0 Å². The van der Waals surface area contributed by atoms with Crippen LogP contribution in [-0.4, -0.2) is 39.5 Å². The van der Waals surface area contributed by atoms with Crippen LogP contribution >= 0.6 is 0 Å². The van der Waals surface area contributed by atoms with Gasteiger partial charge in [0, 0.05) is 17.1 Å². The van der Waals surface area contributed by atoms with Gasteiger partial charge in [-0.1, -0.05) is 0 Å². The molecular formula is C7H18CuLi2NSn2+. The molecule has 0 fully saturated rings. The average molecular weight is 431 g/mol. The van der Waals surface area contributed by atoms with Gasteiger partial charge in [-0.15, -0.1) is 0 Å². The number of hydrogen-bond donors (Lipinski definition) is 0. The van der Waals surface area contributed by atoms with Crippen molar-refractivity contribution < 1.29 is 54.8 Å². The molecular weight excluding hydrogens is 413 g/mol. The molecule has 3 radical (unpaired) electrons. The summed E-state index contributed by atoms with van der Waals surface area (Å²) in [5, 5.41) is 6.25. The largest absolute Gasteiger partial charge is 1.00 e. The Bertz CT molecular complexity index is 61.2. The van der Waals surface area contributed by atoms with Crippen LogP contribution in [0, 0.1) is 11.8 Å². The maximum atomic E-state index is 6.25. The van der Waals surface area contributed by atoms with Gasteiger partial charge in [-0.2, -0.15) is 0 Å². The molecule has 13 heavy (non-hydrogen) atoms. The van der Waals surface area contributed by atoms with Crippen LogP contribution in [0.2, 0.25) is 29.6 Å². The maximum absolute atomic E-state index is 6.25. The maximum Gasteiger partial charge on any atom is 1.00 e. The molecule has 0 aromatic rings. The summed E-state index contributed by atoms with van der Waals surface area (Å²) in [6, 6.07) is 0. The third-order valence-electron chi connectivity index (χ3n) is 0. The Balaban J connectivity index is -0.0000000133. The minimum absolute atomic E-state index is 0. The summed E-state index contributed by atoms with van der Waals surface area (Å²) >= 11 is -1.09. The van der Waals surface area contributed by atoms with Gasteiger partial charge in [0.25, 0.3) is 0 Å². The van der Waals surface area contributed by atoms with Gasteiger partial charge in [-0.25, -0.2) is 0 Å². The van der Waals surface area contributed by atoms with Crippen molar-refractivity contribution in [1.29, 1.82) is 5.26 Å². The second-order valence-electron chi connectivity index (χ2n) is 3.00.